The minimum atomic E-state index is -4.04. The van der Waals surface area contributed by atoms with E-state index in [0.717, 1.165) is 17.4 Å². The summed E-state index contributed by atoms with van der Waals surface area (Å²) >= 11 is 1.33. The molecule has 43 heavy (non-hydrogen) atoms. The van der Waals surface area contributed by atoms with Crippen LogP contribution in [0, 0.1) is 0 Å². The highest BCUT2D eigenvalue weighted by molar-refractivity contribution is 8.02. The van der Waals surface area contributed by atoms with Gasteiger partial charge in [-0.1, -0.05) is 12.1 Å². The fourth-order valence-corrected chi connectivity index (χ4v) is 8.00. The van der Waals surface area contributed by atoms with Gasteiger partial charge in [0.1, 0.15) is 22.7 Å². The smallest absolute Gasteiger partial charge is 0.415 e. The molecule has 4 rings (SSSR count). The number of carbonyl (C=O) groups is 3. The van der Waals surface area contributed by atoms with Crippen LogP contribution in [-0.4, -0.2) is 108 Å². The number of thioether (sulfide) groups is 1. The zero-order valence-electron chi connectivity index (χ0n) is 25.1. The summed E-state index contributed by atoms with van der Waals surface area (Å²) in [5, 5.41) is 2.77. The summed E-state index contributed by atoms with van der Waals surface area (Å²) in [6, 6.07) is 7.47. The molecule has 1 aromatic heterocycles. The number of pyridine rings is 1. The lowest BCUT2D eigenvalue weighted by molar-refractivity contribution is -0.151. The van der Waals surface area contributed by atoms with E-state index in [1.165, 1.54) is 36.3 Å². The number of hydrogen-bond donors (Lipinski definition) is 1. The van der Waals surface area contributed by atoms with Crippen molar-refractivity contribution in [2.45, 2.75) is 61.9 Å². The van der Waals surface area contributed by atoms with E-state index < -0.39 is 50.9 Å². The van der Waals surface area contributed by atoms with Crippen molar-refractivity contribution in [3.8, 4) is 5.75 Å². The topological polar surface area (TPSA) is 138 Å². The molecule has 2 saturated heterocycles. The Morgan fingerprint density at radius 3 is 2.37 bits per heavy atom. The number of esters is 1. The molecule has 2 amide bonds. The first-order valence-corrected chi connectivity index (χ1v) is 16.5. The quantitative estimate of drug-likeness (QED) is 0.410. The number of nitrogens with one attached hydrogen (secondary N) is 1. The van der Waals surface area contributed by atoms with Crippen LogP contribution in [0.25, 0.3) is 0 Å². The van der Waals surface area contributed by atoms with Gasteiger partial charge in [-0.15, -0.1) is 11.8 Å². The van der Waals surface area contributed by atoms with Gasteiger partial charge < -0.3 is 24.6 Å². The van der Waals surface area contributed by atoms with Crippen LogP contribution in [0.1, 0.15) is 33.3 Å². The number of aromatic nitrogens is 1. The maximum atomic E-state index is 13.8. The third-order valence-electron chi connectivity index (χ3n) is 7.28. The third kappa shape index (κ3) is 8.05. The lowest BCUT2D eigenvalue weighted by atomic mass is 10.0. The number of nitrogens with zero attached hydrogens (tertiary/aromatic N) is 4. The Morgan fingerprint density at radius 2 is 1.77 bits per heavy atom. The van der Waals surface area contributed by atoms with Crippen molar-refractivity contribution in [3.63, 3.8) is 0 Å². The first-order valence-electron chi connectivity index (χ1n) is 14.1. The Labute approximate surface area is 257 Å². The first kappa shape index (κ1) is 32.7. The van der Waals surface area contributed by atoms with E-state index in [9.17, 15) is 22.8 Å². The van der Waals surface area contributed by atoms with Gasteiger partial charge in [0.25, 0.3) is 0 Å². The lowest BCUT2D eigenvalue weighted by Gasteiger charge is -2.31. The molecule has 1 aromatic carbocycles. The molecule has 2 aliphatic rings. The van der Waals surface area contributed by atoms with Crippen LogP contribution < -0.4 is 10.1 Å². The second-order valence-electron chi connectivity index (χ2n) is 11.4. The zero-order valence-corrected chi connectivity index (χ0v) is 26.7. The number of ether oxygens (including phenoxy) is 2. The first-order chi connectivity index (χ1) is 20.3. The van der Waals surface area contributed by atoms with E-state index in [4.69, 9.17) is 9.47 Å². The predicted octanol–water partition coefficient (Wildman–Crippen LogP) is 2.35. The molecule has 2 fully saturated rings. The Bertz CT molecular complexity index is 1400. The molecule has 0 bridgehead atoms. The minimum absolute atomic E-state index is 0.0183. The molecule has 0 saturated carbocycles. The monoisotopic (exact) mass is 633 g/mol. The Hall–Kier alpha value is -3.20. The number of likely N-dealkylation sites (N-methyl/N-ethyl adjacent to an activating group) is 1. The summed E-state index contributed by atoms with van der Waals surface area (Å²) < 4.78 is 38.3. The van der Waals surface area contributed by atoms with Gasteiger partial charge in [0.05, 0.1) is 12.0 Å². The fraction of sp³-hybridized carbons (Fsp3) is 0.517. The predicted molar refractivity (Wildman–Crippen MR) is 162 cm³/mol. The maximum absolute atomic E-state index is 13.8. The van der Waals surface area contributed by atoms with E-state index in [2.05, 4.69) is 15.2 Å². The van der Waals surface area contributed by atoms with Crippen molar-refractivity contribution >= 4 is 39.8 Å². The van der Waals surface area contributed by atoms with Crippen LogP contribution in [0.15, 0.2) is 53.7 Å². The van der Waals surface area contributed by atoms with Crippen molar-refractivity contribution in [3.05, 3.63) is 54.4 Å². The average Bonchev–Trinajstić information content (AvgIpc) is 3.29. The molecule has 0 spiro atoms. The number of piperazine rings is 1. The van der Waals surface area contributed by atoms with Crippen molar-refractivity contribution in [2.75, 3.05) is 39.1 Å². The molecule has 14 heteroatoms. The highest BCUT2D eigenvalue weighted by Crippen LogP contribution is 2.42. The molecule has 2 atom stereocenters. The van der Waals surface area contributed by atoms with E-state index in [-0.39, 0.29) is 17.2 Å². The molecule has 2 aromatic rings. The van der Waals surface area contributed by atoms with Gasteiger partial charge in [-0.2, -0.15) is 4.31 Å². The van der Waals surface area contributed by atoms with Gasteiger partial charge in [0.2, 0.25) is 15.9 Å². The number of benzene rings is 1. The second kappa shape index (κ2) is 13.6. The minimum Gasteiger partial charge on any atom is -0.461 e. The van der Waals surface area contributed by atoms with Gasteiger partial charge >= 0.3 is 12.1 Å². The molecule has 3 heterocycles. The molecule has 234 valence electrons. The summed E-state index contributed by atoms with van der Waals surface area (Å²) in [4.78, 5) is 47.1. The number of amides is 2. The van der Waals surface area contributed by atoms with Crippen LogP contribution in [0.3, 0.4) is 0 Å². The normalized spacial score (nSPS) is 20.0. The Balaban J connectivity index is 1.49. The van der Waals surface area contributed by atoms with Gasteiger partial charge in [0.15, 0.2) is 0 Å². The molecule has 0 radical (unpaired) electrons. The molecule has 0 aliphatic carbocycles. The fourth-order valence-electron chi connectivity index (χ4n) is 4.86. The van der Waals surface area contributed by atoms with Crippen molar-refractivity contribution < 1.29 is 32.3 Å². The average molecular weight is 634 g/mol. The number of rotatable bonds is 9. The Kier molecular flexibility index (Phi) is 10.4. The Morgan fingerprint density at radius 1 is 1.09 bits per heavy atom. The highest BCUT2D eigenvalue weighted by atomic mass is 32.2. The largest absolute Gasteiger partial charge is 0.461 e. The summed E-state index contributed by atoms with van der Waals surface area (Å²) in [5.74, 6) is -0.818. The van der Waals surface area contributed by atoms with Gasteiger partial charge in [0, 0.05) is 49.7 Å². The van der Waals surface area contributed by atoms with Crippen LogP contribution >= 0.6 is 11.8 Å². The molecule has 1 N–H and O–H groups in total. The van der Waals surface area contributed by atoms with Crippen molar-refractivity contribution in [2.24, 2.45) is 0 Å². The molecular weight excluding hydrogens is 594 g/mol. The zero-order chi connectivity index (χ0) is 31.4. The van der Waals surface area contributed by atoms with Crippen molar-refractivity contribution in [1.82, 2.24) is 24.4 Å². The number of hydrogen-bond acceptors (Lipinski definition) is 10. The molecule has 0 unspecified atom stereocenters. The third-order valence-corrected chi connectivity index (χ3v) is 10.6. The van der Waals surface area contributed by atoms with Crippen LogP contribution in [0.4, 0.5) is 4.79 Å². The van der Waals surface area contributed by atoms with Crippen LogP contribution in [-0.2, 0) is 30.8 Å². The molecular formula is C29H39N5O7S2. The van der Waals surface area contributed by atoms with Crippen LogP contribution in [0.5, 0.6) is 5.75 Å². The maximum Gasteiger partial charge on any atom is 0.415 e. The molecule has 12 nitrogen and oxygen atoms in total. The number of sulfonamides is 1. The summed E-state index contributed by atoms with van der Waals surface area (Å²) in [7, 11) is -2.04. The van der Waals surface area contributed by atoms with Gasteiger partial charge in [-0.3, -0.25) is 9.78 Å². The van der Waals surface area contributed by atoms with Gasteiger partial charge in [-0.05, 0) is 64.6 Å². The molecule has 2 aliphatic heterocycles. The second-order valence-corrected chi connectivity index (χ2v) is 14.9. The van der Waals surface area contributed by atoms with E-state index >= 15 is 0 Å². The SMILES string of the molecule is CC(C)OC(=O)[C@@H](Cc1ccc(OC(=O)N2CCN(C)CC2)cc1)NC(=O)[C@@H]1N(S(=O)(=O)c2cccnc2)CSC1(C)C. The standard InChI is InChI=1S/C29H39N5O7S2/c1-20(2)40-27(36)24(17-21-8-10-22(11-9-21)41-28(37)33-15-13-32(5)14-16-33)31-26(35)25-29(3,4)42-19-34(25)43(38,39)23-7-6-12-30-18-23/h6-12,18,20,24-25H,13-17,19H2,1-5H3,(H,31,35)/t24-,25+/m1/s1. The summed E-state index contributed by atoms with van der Waals surface area (Å²) in [6.45, 7) is 9.73. The van der Waals surface area contributed by atoms with E-state index in [1.807, 2.05) is 7.05 Å². The lowest BCUT2D eigenvalue weighted by Crippen LogP contribution is -2.57. The van der Waals surface area contributed by atoms with Crippen LogP contribution in [0.2, 0.25) is 0 Å². The van der Waals surface area contributed by atoms with Gasteiger partial charge in [-0.25, -0.2) is 18.0 Å². The summed E-state index contributed by atoms with van der Waals surface area (Å²) in [5.41, 5.74) is 0.685. The van der Waals surface area contributed by atoms with E-state index in [0.29, 0.717) is 24.4 Å². The number of carbonyl (C=O) groups excluding carboxylic acids is 3. The van der Waals surface area contributed by atoms with E-state index in [1.54, 1.807) is 56.9 Å². The highest BCUT2D eigenvalue weighted by Gasteiger charge is 2.51. The summed E-state index contributed by atoms with van der Waals surface area (Å²) in [6.07, 6.45) is 1.95. The van der Waals surface area contributed by atoms with Crippen molar-refractivity contribution in [1.29, 1.82) is 0 Å².